The molecule has 0 N–H and O–H groups in total. The predicted octanol–water partition coefficient (Wildman–Crippen LogP) is 3.70. The summed E-state index contributed by atoms with van der Waals surface area (Å²) in [6.07, 6.45) is 13.8. The van der Waals surface area contributed by atoms with Crippen LogP contribution in [0.3, 0.4) is 0 Å². The molecule has 0 aromatic carbocycles. The van der Waals surface area contributed by atoms with E-state index in [4.69, 9.17) is 0 Å². The minimum Gasteiger partial charge on any atom is -0.0917 e. The van der Waals surface area contributed by atoms with Crippen LogP contribution in [0.25, 0.3) is 0 Å². The molecule has 0 aromatic heterocycles. The van der Waals surface area contributed by atoms with Crippen LogP contribution in [0.2, 0.25) is 0 Å². The van der Waals surface area contributed by atoms with E-state index >= 15 is 0 Å². The Bertz CT molecular complexity index is 84.6. The summed E-state index contributed by atoms with van der Waals surface area (Å²) >= 11 is 0. The normalized spacial score (nSPS) is 11.8. The van der Waals surface area contributed by atoms with Gasteiger partial charge in [0.2, 0.25) is 0 Å². The highest BCUT2D eigenvalue weighted by Crippen LogP contribution is 2.00. The molecular weight excluding hydrogens is 120 g/mol. The molecule has 0 saturated heterocycles. The molecule has 0 aromatic rings. The van der Waals surface area contributed by atoms with E-state index in [1.807, 2.05) is 0 Å². The number of rotatable bonds is 5. The molecule has 0 atom stereocenters. The fourth-order valence-corrected chi connectivity index (χ4v) is 0.858. The van der Waals surface area contributed by atoms with Gasteiger partial charge in [-0.25, -0.2) is 0 Å². The minimum atomic E-state index is 1.24. The summed E-state index contributed by atoms with van der Waals surface area (Å²) in [5.41, 5.74) is 0. The van der Waals surface area contributed by atoms with E-state index in [0.717, 1.165) is 0 Å². The third kappa shape index (κ3) is 7.48. The van der Waals surface area contributed by atoms with Crippen molar-refractivity contribution < 1.29 is 0 Å². The second kappa shape index (κ2) is 8.48. The first-order valence-electron chi connectivity index (χ1n) is 4.14. The van der Waals surface area contributed by atoms with Crippen LogP contribution in [0.4, 0.5) is 0 Å². The third-order valence-electron chi connectivity index (χ3n) is 1.46. The van der Waals surface area contributed by atoms with Gasteiger partial charge in [-0.05, 0) is 39.5 Å². The molecule has 0 saturated carbocycles. The van der Waals surface area contributed by atoms with Crippen molar-refractivity contribution in [1.29, 1.82) is 0 Å². The van der Waals surface area contributed by atoms with Crippen molar-refractivity contribution >= 4 is 0 Å². The molecule has 0 nitrogen and oxygen atoms in total. The highest BCUT2D eigenvalue weighted by molar-refractivity contribution is 4.79. The lowest BCUT2D eigenvalue weighted by atomic mass is 10.2. The zero-order chi connectivity index (χ0) is 7.66. The van der Waals surface area contributed by atoms with E-state index in [1.54, 1.807) is 0 Å². The van der Waals surface area contributed by atoms with Crippen molar-refractivity contribution in [2.24, 2.45) is 0 Å². The molecule has 0 radical (unpaired) electrons. The van der Waals surface area contributed by atoms with Gasteiger partial charge in [0.1, 0.15) is 0 Å². The van der Waals surface area contributed by atoms with Crippen LogP contribution in [0, 0.1) is 0 Å². The maximum atomic E-state index is 2.23. The Morgan fingerprint density at radius 2 is 1.20 bits per heavy atom. The molecule has 0 aliphatic carbocycles. The summed E-state index contributed by atoms with van der Waals surface area (Å²) in [5, 5.41) is 0. The summed E-state index contributed by atoms with van der Waals surface area (Å²) in [6, 6.07) is 0. The molecule has 0 heteroatoms. The lowest BCUT2D eigenvalue weighted by Crippen LogP contribution is -1.71. The average molecular weight is 138 g/mol. The maximum absolute atomic E-state index is 2.23. The van der Waals surface area contributed by atoms with Crippen molar-refractivity contribution in [2.75, 3.05) is 0 Å². The molecule has 0 heterocycles. The van der Waals surface area contributed by atoms with Gasteiger partial charge in [0, 0.05) is 0 Å². The van der Waals surface area contributed by atoms with Crippen molar-refractivity contribution in [3.8, 4) is 0 Å². The van der Waals surface area contributed by atoms with Gasteiger partial charge in [-0.15, -0.1) is 0 Å². The number of hydrogen-bond acceptors (Lipinski definition) is 0. The molecule has 58 valence electrons. The van der Waals surface area contributed by atoms with Crippen LogP contribution < -0.4 is 0 Å². The molecular formula is C10H18. The second-order valence-corrected chi connectivity index (χ2v) is 2.42. The Morgan fingerprint density at radius 3 is 1.50 bits per heavy atom. The van der Waals surface area contributed by atoms with Gasteiger partial charge in [0.05, 0.1) is 0 Å². The predicted molar refractivity (Wildman–Crippen MR) is 48.1 cm³/mol. The molecule has 0 spiro atoms. The van der Waals surface area contributed by atoms with Crippen molar-refractivity contribution in [1.82, 2.24) is 0 Å². The first-order valence-corrected chi connectivity index (χ1v) is 4.14. The monoisotopic (exact) mass is 138 g/mol. The fraction of sp³-hybridized carbons (Fsp3) is 0.600. The first-order chi connectivity index (χ1) is 4.91. The first kappa shape index (κ1) is 9.48. The summed E-state index contributed by atoms with van der Waals surface area (Å²) in [4.78, 5) is 0. The molecule has 0 amide bonds. The van der Waals surface area contributed by atoms with Gasteiger partial charge >= 0.3 is 0 Å². The Labute approximate surface area is 64.6 Å². The summed E-state index contributed by atoms with van der Waals surface area (Å²) in [6.45, 7) is 4.15. The quantitative estimate of drug-likeness (QED) is 0.401. The highest BCUT2D eigenvalue weighted by atomic mass is 13.9. The van der Waals surface area contributed by atoms with Crippen molar-refractivity contribution in [2.45, 2.75) is 39.5 Å². The number of unbranched alkanes of at least 4 members (excludes halogenated alkanes) is 3. The molecule has 0 aliphatic heterocycles. The zero-order valence-electron chi connectivity index (χ0n) is 7.14. The van der Waals surface area contributed by atoms with Crippen LogP contribution in [-0.4, -0.2) is 0 Å². The van der Waals surface area contributed by atoms with E-state index < -0.39 is 0 Å². The SMILES string of the molecule is C/C=C\CCCC/C=C/C. The average Bonchev–Trinajstić information content (AvgIpc) is 1.97. The van der Waals surface area contributed by atoms with Gasteiger partial charge in [0.15, 0.2) is 0 Å². The van der Waals surface area contributed by atoms with Gasteiger partial charge < -0.3 is 0 Å². The minimum absolute atomic E-state index is 1.24. The molecule has 10 heavy (non-hydrogen) atoms. The van der Waals surface area contributed by atoms with Gasteiger partial charge in [-0.2, -0.15) is 0 Å². The van der Waals surface area contributed by atoms with Gasteiger partial charge in [-0.1, -0.05) is 24.3 Å². The van der Waals surface area contributed by atoms with E-state index in [0.29, 0.717) is 0 Å². The lowest BCUT2D eigenvalue weighted by molar-refractivity contribution is 0.761. The zero-order valence-corrected chi connectivity index (χ0v) is 7.14. The highest BCUT2D eigenvalue weighted by Gasteiger charge is 1.80. The number of hydrogen-bond donors (Lipinski definition) is 0. The van der Waals surface area contributed by atoms with Crippen LogP contribution in [0.1, 0.15) is 39.5 Å². The molecule has 0 unspecified atom stereocenters. The van der Waals surface area contributed by atoms with Gasteiger partial charge in [-0.3, -0.25) is 0 Å². The maximum Gasteiger partial charge on any atom is -0.0351 e. The summed E-state index contributed by atoms with van der Waals surface area (Å²) in [7, 11) is 0. The largest absolute Gasteiger partial charge is 0.0917 e. The van der Waals surface area contributed by atoms with E-state index in [1.165, 1.54) is 25.7 Å². The molecule has 0 aliphatic rings. The van der Waals surface area contributed by atoms with Gasteiger partial charge in [0.25, 0.3) is 0 Å². The molecule has 0 bridgehead atoms. The Balaban J connectivity index is 2.90. The third-order valence-corrected chi connectivity index (χ3v) is 1.46. The summed E-state index contributed by atoms with van der Waals surface area (Å²) in [5.74, 6) is 0. The van der Waals surface area contributed by atoms with Crippen LogP contribution in [-0.2, 0) is 0 Å². The Hall–Kier alpha value is -0.520. The van der Waals surface area contributed by atoms with E-state index in [9.17, 15) is 0 Å². The van der Waals surface area contributed by atoms with Crippen LogP contribution in [0.5, 0.6) is 0 Å². The van der Waals surface area contributed by atoms with Crippen LogP contribution in [0.15, 0.2) is 24.3 Å². The number of allylic oxidation sites excluding steroid dienone is 4. The summed E-state index contributed by atoms with van der Waals surface area (Å²) < 4.78 is 0. The fourth-order valence-electron chi connectivity index (χ4n) is 0.858. The second-order valence-electron chi connectivity index (χ2n) is 2.42. The Kier molecular flexibility index (Phi) is 8.04. The standard InChI is InChI=1S/C10H18/c1-3-5-7-9-10-8-6-4-2/h3-6H,7-10H2,1-2H3/b5-3-,6-4+. The van der Waals surface area contributed by atoms with E-state index in [2.05, 4.69) is 38.2 Å². The van der Waals surface area contributed by atoms with Crippen molar-refractivity contribution in [3.05, 3.63) is 24.3 Å². The molecule has 0 rings (SSSR count). The smallest absolute Gasteiger partial charge is 0.0351 e. The van der Waals surface area contributed by atoms with Crippen molar-refractivity contribution in [3.63, 3.8) is 0 Å². The van der Waals surface area contributed by atoms with E-state index in [-0.39, 0.29) is 0 Å². The Morgan fingerprint density at radius 1 is 0.800 bits per heavy atom. The molecule has 0 fully saturated rings. The van der Waals surface area contributed by atoms with Crippen LogP contribution >= 0.6 is 0 Å². The lowest BCUT2D eigenvalue weighted by Gasteiger charge is -1.90. The topological polar surface area (TPSA) is 0 Å².